The molecule has 0 saturated carbocycles. The summed E-state index contributed by atoms with van der Waals surface area (Å²) in [6, 6.07) is 8.63. The van der Waals surface area contributed by atoms with E-state index >= 15 is 0 Å². The molecule has 1 unspecified atom stereocenters. The zero-order valence-corrected chi connectivity index (χ0v) is 17.3. The summed E-state index contributed by atoms with van der Waals surface area (Å²) >= 11 is 0. The number of amides is 1. The van der Waals surface area contributed by atoms with Gasteiger partial charge in [-0.25, -0.2) is 4.98 Å². The summed E-state index contributed by atoms with van der Waals surface area (Å²) in [7, 11) is 0. The molecule has 3 heterocycles. The Hall–Kier alpha value is -2.68. The van der Waals surface area contributed by atoms with E-state index in [0.29, 0.717) is 25.3 Å². The number of hydrogen-bond donors (Lipinski definition) is 0. The Morgan fingerprint density at radius 2 is 2.10 bits per heavy atom. The van der Waals surface area contributed by atoms with Gasteiger partial charge >= 0.3 is 0 Å². The van der Waals surface area contributed by atoms with Crippen molar-refractivity contribution < 1.29 is 4.79 Å². The lowest BCUT2D eigenvalue weighted by atomic mass is 9.95. The molecule has 2 aliphatic rings. The number of terminal acetylenes is 1. The van der Waals surface area contributed by atoms with E-state index in [2.05, 4.69) is 52.8 Å². The van der Waals surface area contributed by atoms with Gasteiger partial charge in [-0.3, -0.25) is 4.79 Å². The van der Waals surface area contributed by atoms with Crippen molar-refractivity contribution in [3.05, 3.63) is 30.1 Å². The van der Waals surface area contributed by atoms with Gasteiger partial charge in [-0.15, -0.1) is 12.3 Å². The molecule has 6 heteroatoms. The number of carbonyl (C=O) groups is 1. The largest absolute Gasteiger partial charge is 0.342 e. The number of aromatic nitrogens is 2. The highest BCUT2D eigenvalue weighted by Crippen LogP contribution is 2.38. The van der Waals surface area contributed by atoms with Crippen molar-refractivity contribution in [2.45, 2.75) is 70.0 Å². The normalized spacial score (nSPS) is 20.2. The highest BCUT2D eigenvalue weighted by molar-refractivity contribution is 5.77. The molecular weight excluding hydrogens is 362 g/mol. The second-order valence-electron chi connectivity index (χ2n) is 8.49. The number of piperidine rings is 1. The molecule has 152 valence electrons. The highest BCUT2D eigenvalue weighted by atomic mass is 16.2. The summed E-state index contributed by atoms with van der Waals surface area (Å²) in [4.78, 5) is 19.9. The number of benzene rings is 1. The van der Waals surface area contributed by atoms with Gasteiger partial charge in [0.2, 0.25) is 5.91 Å². The molecule has 29 heavy (non-hydrogen) atoms. The van der Waals surface area contributed by atoms with Crippen molar-refractivity contribution in [3.63, 3.8) is 0 Å². The minimum absolute atomic E-state index is 0.194. The predicted molar refractivity (Wildman–Crippen MR) is 114 cm³/mol. The predicted octanol–water partition coefficient (Wildman–Crippen LogP) is 4.68. The molecule has 0 aliphatic carbocycles. The fourth-order valence-electron chi connectivity index (χ4n) is 4.44. The first-order chi connectivity index (χ1) is 14.0. The van der Waals surface area contributed by atoms with Gasteiger partial charge < -0.3 is 9.47 Å². The number of hydrogen-bond acceptors (Lipinski definition) is 4. The van der Waals surface area contributed by atoms with E-state index in [9.17, 15) is 4.79 Å². The molecule has 1 aromatic heterocycles. The fourth-order valence-corrected chi connectivity index (χ4v) is 4.44. The van der Waals surface area contributed by atoms with Gasteiger partial charge in [0.25, 0.3) is 0 Å². The zero-order valence-electron chi connectivity index (χ0n) is 17.3. The molecule has 1 fully saturated rings. The fraction of sp³-hybridized carbons (Fsp3) is 0.565. The van der Waals surface area contributed by atoms with Gasteiger partial charge in [0.1, 0.15) is 5.82 Å². The summed E-state index contributed by atoms with van der Waals surface area (Å²) in [5.41, 5.74) is 1.82. The van der Waals surface area contributed by atoms with E-state index in [1.165, 1.54) is 5.52 Å². The van der Waals surface area contributed by atoms with Crippen LogP contribution in [0.2, 0.25) is 0 Å². The zero-order chi connectivity index (χ0) is 20.4. The maximum absolute atomic E-state index is 12.9. The van der Waals surface area contributed by atoms with Crippen molar-refractivity contribution in [3.8, 4) is 12.3 Å². The third-order valence-electron chi connectivity index (χ3n) is 6.07. The van der Waals surface area contributed by atoms with Crippen LogP contribution >= 0.6 is 0 Å². The van der Waals surface area contributed by atoms with E-state index in [4.69, 9.17) is 11.4 Å². The lowest BCUT2D eigenvalue weighted by molar-refractivity contribution is -0.132. The van der Waals surface area contributed by atoms with Crippen molar-refractivity contribution >= 4 is 16.9 Å². The van der Waals surface area contributed by atoms with Gasteiger partial charge in [0.05, 0.1) is 11.0 Å². The number of fused-ring (bicyclic) bond motifs is 1. The summed E-state index contributed by atoms with van der Waals surface area (Å²) in [5.74, 6) is 4.21. The minimum atomic E-state index is -0.386. The quantitative estimate of drug-likeness (QED) is 0.643. The van der Waals surface area contributed by atoms with Crippen LogP contribution in [0.15, 0.2) is 34.5 Å². The van der Waals surface area contributed by atoms with E-state index in [1.807, 2.05) is 11.0 Å². The molecule has 1 atom stereocenters. The average Bonchev–Trinajstić information content (AvgIpc) is 3.40. The third-order valence-corrected chi connectivity index (χ3v) is 6.07. The first kappa shape index (κ1) is 19.6. The highest BCUT2D eigenvalue weighted by Gasteiger charge is 2.40. The van der Waals surface area contributed by atoms with Gasteiger partial charge in [0.15, 0.2) is 5.66 Å². The van der Waals surface area contributed by atoms with E-state index in [0.717, 1.165) is 43.7 Å². The molecule has 6 nitrogen and oxygen atoms in total. The van der Waals surface area contributed by atoms with Crippen LogP contribution in [0.1, 0.15) is 70.2 Å². The Labute approximate surface area is 172 Å². The maximum Gasteiger partial charge on any atom is 0.222 e. The average molecular weight is 392 g/mol. The lowest BCUT2D eigenvalue weighted by Gasteiger charge is -2.33. The topological polar surface area (TPSA) is 62.9 Å². The first-order valence-electron chi connectivity index (χ1n) is 10.7. The lowest BCUT2D eigenvalue weighted by Crippen LogP contribution is -2.40. The molecule has 4 rings (SSSR count). The van der Waals surface area contributed by atoms with Crippen LogP contribution in [-0.2, 0) is 4.79 Å². The van der Waals surface area contributed by atoms with Crippen LogP contribution < -0.4 is 0 Å². The monoisotopic (exact) mass is 391 g/mol. The summed E-state index contributed by atoms with van der Waals surface area (Å²) in [5, 5.41) is 8.30. The molecule has 1 aromatic carbocycles. The van der Waals surface area contributed by atoms with Crippen molar-refractivity contribution in [2.24, 2.45) is 10.2 Å². The van der Waals surface area contributed by atoms with E-state index in [-0.39, 0.29) is 17.5 Å². The van der Waals surface area contributed by atoms with Crippen LogP contribution in [-0.4, -0.2) is 39.1 Å². The number of rotatable bonds is 7. The van der Waals surface area contributed by atoms with Gasteiger partial charge in [0, 0.05) is 50.7 Å². The van der Waals surface area contributed by atoms with Gasteiger partial charge in [-0.1, -0.05) is 12.1 Å². The van der Waals surface area contributed by atoms with Crippen molar-refractivity contribution in [1.82, 2.24) is 14.5 Å². The van der Waals surface area contributed by atoms with Crippen LogP contribution in [0, 0.1) is 12.3 Å². The summed E-state index contributed by atoms with van der Waals surface area (Å²) < 4.78 is 2.34. The molecule has 2 aromatic rings. The Morgan fingerprint density at radius 3 is 2.83 bits per heavy atom. The Balaban J connectivity index is 1.45. The Bertz CT molecular complexity index is 961. The van der Waals surface area contributed by atoms with Crippen LogP contribution in [0.5, 0.6) is 0 Å². The van der Waals surface area contributed by atoms with E-state index < -0.39 is 0 Å². The second kappa shape index (κ2) is 7.98. The molecule has 0 N–H and O–H groups in total. The van der Waals surface area contributed by atoms with Gasteiger partial charge in [-0.2, -0.15) is 10.2 Å². The van der Waals surface area contributed by atoms with Gasteiger partial charge in [-0.05, 0) is 38.8 Å². The standard InChI is InChI=1S/C23H29N5O/c1-4-5-13-23(25-26-23)14-12-21(29)27-15-8-9-18(16-27)22-24-19-10-6-7-11-20(19)28(22)17(2)3/h1,6-7,10-11,17-18H,5,8-9,12-16H2,2-3H3. The SMILES string of the molecule is C#CCCC1(CCC(=O)N2CCCC(c3nc4ccccc4n3C(C)C)C2)N=N1. The number of nitrogens with zero attached hydrogens (tertiary/aromatic N) is 5. The summed E-state index contributed by atoms with van der Waals surface area (Å²) in [6.45, 7) is 5.95. The van der Waals surface area contributed by atoms with Crippen LogP contribution in [0.4, 0.5) is 0 Å². The minimum Gasteiger partial charge on any atom is -0.342 e. The smallest absolute Gasteiger partial charge is 0.222 e. The summed E-state index contributed by atoms with van der Waals surface area (Å²) in [6.07, 6.45) is 9.97. The number of para-hydroxylation sites is 2. The molecular formula is C23H29N5O. The number of carbonyl (C=O) groups excluding carboxylic acids is 1. The number of likely N-dealkylation sites (tertiary alicyclic amines) is 1. The maximum atomic E-state index is 12.9. The van der Waals surface area contributed by atoms with Crippen molar-refractivity contribution in [1.29, 1.82) is 0 Å². The van der Waals surface area contributed by atoms with Crippen LogP contribution in [0.3, 0.4) is 0 Å². The Kier molecular flexibility index (Phi) is 5.40. The van der Waals surface area contributed by atoms with Crippen molar-refractivity contribution in [2.75, 3.05) is 13.1 Å². The molecule has 0 spiro atoms. The Morgan fingerprint density at radius 1 is 1.31 bits per heavy atom. The molecule has 1 saturated heterocycles. The molecule has 1 amide bonds. The van der Waals surface area contributed by atoms with Crippen LogP contribution in [0.25, 0.3) is 11.0 Å². The number of imidazole rings is 1. The second-order valence-corrected chi connectivity index (χ2v) is 8.49. The van der Waals surface area contributed by atoms with E-state index in [1.54, 1.807) is 0 Å². The molecule has 0 bridgehead atoms. The molecule has 0 radical (unpaired) electrons. The third kappa shape index (κ3) is 4.05. The molecule has 2 aliphatic heterocycles. The first-order valence-corrected chi connectivity index (χ1v) is 10.7.